The van der Waals surface area contributed by atoms with Crippen molar-refractivity contribution in [3.63, 3.8) is 0 Å². The van der Waals surface area contributed by atoms with E-state index in [2.05, 4.69) is 45.0 Å². The third-order valence-electron chi connectivity index (χ3n) is 4.98. The van der Waals surface area contributed by atoms with Gasteiger partial charge in [-0.1, -0.05) is 25.1 Å². The van der Waals surface area contributed by atoms with Crippen molar-refractivity contribution in [2.45, 2.75) is 19.9 Å². The normalized spacial score (nSPS) is 15.3. The van der Waals surface area contributed by atoms with Crippen molar-refractivity contribution in [3.05, 3.63) is 59.4 Å². The van der Waals surface area contributed by atoms with Crippen molar-refractivity contribution in [1.29, 1.82) is 5.26 Å². The summed E-state index contributed by atoms with van der Waals surface area (Å²) in [6.07, 6.45) is 2.72. The lowest BCUT2D eigenvalue weighted by Crippen LogP contribution is -2.46. The monoisotopic (exact) mass is 346 g/mol. The third kappa shape index (κ3) is 3.14. The maximum Gasteiger partial charge on any atom is 0.157 e. The molecule has 2 aromatic heterocycles. The summed E-state index contributed by atoms with van der Waals surface area (Å²) in [6, 6.07) is 14.3. The summed E-state index contributed by atoms with van der Waals surface area (Å²) in [5.41, 5.74) is 3.88. The third-order valence-corrected chi connectivity index (χ3v) is 4.98. The van der Waals surface area contributed by atoms with Gasteiger partial charge in [-0.15, -0.1) is 0 Å². The van der Waals surface area contributed by atoms with Crippen LogP contribution < -0.4 is 4.90 Å². The molecular weight excluding hydrogens is 324 g/mol. The van der Waals surface area contributed by atoms with Crippen molar-refractivity contribution in [1.82, 2.24) is 19.5 Å². The Morgan fingerprint density at radius 1 is 1.12 bits per heavy atom. The van der Waals surface area contributed by atoms with E-state index in [9.17, 15) is 5.26 Å². The fraction of sp³-hybridized carbons (Fsp3) is 0.350. The minimum atomic E-state index is 0.773. The lowest BCUT2D eigenvalue weighted by atomic mass is 10.1. The second-order valence-electron chi connectivity index (χ2n) is 6.59. The van der Waals surface area contributed by atoms with E-state index in [0.29, 0.717) is 0 Å². The first-order chi connectivity index (χ1) is 12.8. The molecule has 132 valence electrons. The number of hydrogen-bond acceptors (Lipinski definition) is 5. The van der Waals surface area contributed by atoms with E-state index in [0.717, 1.165) is 67.4 Å². The Labute approximate surface area is 153 Å². The van der Waals surface area contributed by atoms with Gasteiger partial charge in [0.2, 0.25) is 0 Å². The van der Waals surface area contributed by atoms with E-state index < -0.39 is 0 Å². The largest absolute Gasteiger partial charge is 0.354 e. The summed E-state index contributed by atoms with van der Waals surface area (Å²) in [5.74, 6) is 1.12. The Bertz CT molecular complexity index is 946. The molecule has 1 aliphatic rings. The molecule has 1 aliphatic heterocycles. The van der Waals surface area contributed by atoms with Gasteiger partial charge in [0, 0.05) is 50.6 Å². The second-order valence-corrected chi connectivity index (χ2v) is 6.59. The van der Waals surface area contributed by atoms with Crippen LogP contribution in [0, 0.1) is 11.3 Å². The van der Waals surface area contributed by atoms with Crippen LogP contribution in [-0.4, -0.2) is 45.7 Å². The zero-order valence-electron chi connectivity index (χ0n) is 15.0. The van der Waals surface area contributed by atoms with Crippen LogP contribution in [0.3, 0.4) is 0 Å². The summed E-state index contributed by atoms with van der Waals surface area (Å²) >= 11 is 0. The number of rotatable bonds is 4. The Kier molecular flexibility index (Phi) is 4.55. The van der Waals surface area contributed by atoms with Gasteiger partial charge in [0.25, 0.3) is 0 Å². The van der Waals surface area contributed by atoms with E-state index in [1.54, 1.807) is 6.20 Å². The molecule has 0 atom stereocenters. The number of aryl methyl sites for hydroxylation is 1. The van der Waals surface area contributed by atoms with Crippen LogP contribution in [0.15, 0.2) is 42.6 Å². The minimum absolute atomic E-state index is 0.773. The second kappa shape index (κ2) is 7.14. The number of anilines is 1. The molecule has 0 unspecified atom stereocenters. The van der Waals surface area contributed by atoms with Gasteiger partial charge in [-0.2, -0.15) is 14.9 Å². The molecule has 0 N–H and O–H groups in total. The number of fused-ring (bicyclic) bond motifs is 1. The van der Waals surface area contributed by atoms with Crippen LogP contribution in [-0.2, 0) is 13.0 Å². The smallest absolute Gasteiger partial charge is 0.157 e. The number of aromatic nitrogens is 3. The molecule has 3 aromatic rings. The van der Waals surface area contributed by atoms with Crippen molar-refractivity contribution < 1.29 is 0 Å². The Hall–Kier alpha value is -2.91. The molecule has 0 spiro atoms. The summed E-state index contributed by atoms with van der Waals surface area (Å²) in [4.78, 5) is 9.43. The molecule has 0 bridgehead atoms. The predicted octanol–water partition coefficient (Wildman–Crippen LogP) is 2.49. The molecule has 0 amide bonds. The van der Waals surface area contributed by atoms with Gasteiger partial charge in [-0.3, -0.25) is 4.90 Å². The average molecular weight is 346 g/mol. The first-order valence-electron chi connectivity index (χ1n) is 9.07. The van der Waals surface area contributed by atoms with Crippen LogP contribution in [0.4, 0.5) is 5.82 Å². The molecule has 1 fully saturated rings. The van der Waals surface area contributed by atoms with E-state index >= 15 is 0 Å². The number of benzene rings is 1. The first kappa shape index (κ1) is 16.6. The van der Waals surface area contributed by atoms with Gasteiger partial charge in [-0.05, 0) is 18.1 Å². The highest BCUT2D eigenvalue weighted by molar-refractivity contribution is 5.51. The van der Waals surface area contributed by atoms with Crippen molar-refractivity contribution in [2.24, 2.45) is 0 Å². The van der Waals surface area contributed by atoms with Crippen LogP contribution >= 0.6 is 0 Å². The number of nitrogens with zero attached hydrogens (tertiary/aromatic N) is 6. The number of piperazine rings is 1. The van der Waals surface area contributed by atoms with E-state index in [4.69, 9.17) is 0 Å². The number of nitriles is 1. The van der Waals surface area contributed by atoms with E-state index in [1.807, 2.05) is 28.8 Å². The molecule has 6 nitrogen and oxygen atoms in total. The topological polar surface area (TPSA) is 60.5 Å². The van der Waals surface area contributed by atoms with Gasteiger partial charge in [-0.25, -0.2) is 4.98 Å². The van der Waals surface area contributed by atoms with Gasteiger partial charge >= 0.3 is 0 Å². The SMILES string of the molecule is CCc1cc(N2CCN(Cc3ccccc3C#N)CC2)n2nccc2n1. The van der Waals surface area contributed by atoms with Gasteiger partial charge in [0.15, 0.2) is 5.65 Å². The summed E-state index contributed by atoms with van der Waals surface area (Å²) in [6.45, 7) is 6.77. The molecule has 0 saturated carbocycles. The quantitative estimate of drug-likeness (QED) is 0.726. The molecule has 26 heavy (non-hydrogen) atoms. The van der Waals surface area contributed by atoms with Crippen molar-refractivity contribution in [3.8, 4) is 6.07 Å². The first-order valence-corrected chi connectivity index (χ1v) is 9.07. The lowest BCUT2D eigenvalue weighted by molar-refractivity contribution is 0.249. The highest BCUT2D eigenvalue weighted by atomic mass is 15.4. The summed E-state index contributed by atoms with van der Waals surface area (Å²) in [7, 11) is 0. The Morgan fingerprint density at radius 3 is 2.69 bits per heavy atom. The van der Waals surface area contributed by atoms with Crippen LogP contribution in [0.5, 0.6) is 0 Å². The molecular formula is C20H22N6. The molecule has 4 rings (SSSR count). The molecule has 3 heterocycles. The molecule has 1 saturated heterocycles. The van der Waals surface area contributed by atoms with E-state index in [-0.39, 0.29) is 0 Å². The van der Waals surface area contributed by atoms with Gasteiger partial charge in [0.05, 0.1) is 17.8 Å². The van der Waals surface area contributed by atoms with Crippen LogP contribution in [0.2, 0.25) is 0 Å². The summed E-state index contributed by atoms with van der Waals surface area (Å²) < 4.78 is 1.93. The highest BCUT2D eigenvalue weighted by Gasteiger charge is 2.20. The Balaban J connectivity index is 1.49. The maximum atomic E-state index is 9.28. The van der Waals surface area contributed by atoms with Gasteiger partial charge < -0.3 is 4.90 Å². The molecule has 6 heteroatoms. The minimum Gasteiger partial charge on any atom is -0.354 e. The fourth-order valence-electron chi connectivity index (χ4n) is 3.50. The standard InChI is InChI=1S/C20H22N6/c1-2-18-13-20(26-19(23-18)7-8-22-26)25-11-9-24(10-12-25)15-17-6-4-3-5-16(17)14-21/h3-8,13H,2,9-12,15H2,1H3. The maximum absolute atomic E-state index is 9.28. The van der Waals surface area contributed by atoms with Crippen LogP contribution in [0.25, 0.3) is 5.65 Å². The number of hydrogen-bond donors (Lipinski definition) is 0. The Morgan fingerprint density at radius 2 is 1.92 bits per heavy atom. The van der Waals surface area contributed by atoms with Crippen molar-refractivity contribution in [2.75, 3.05) is 31.1 Å². The fourth-order valence-corrected chi connectivity index (χ4v) is 3.50. The molecule has 0 radical (unpaired) electrons. The zero-order chi connectivity index (χ0) is 17.9. The molecule has 0 aliphatic carbocycles. The average Bonchev–Trinajstić information content (AvgIpc) is 3.17. The lowest BCUT2D eigenvalue weighted by Gasteiger charge is -2.36. The van der Waals surface area contributed by atoms with Crippen molar-refractivity contribution >= 4 is 11.5 Å². The highest BCUT2D eigenvalue weighted by Crippen LogP contribution is 2.20. The zero-order valence-corrected chi connectivity index (χ0v) is 15.0. The van der Waals surface area contributed by atoms with Gasteiger partial charge in [0.1, 0.15) is 5.82 Å². The van der Waals surface area contributed by atoms with Crippen LogP contribution in [0.1, 0.15) is 23.7 Å². The summed E-state index contributed by atoms with van der Waals surface area (Å²) in [5, 5.41) is 13.7. The molecule has 1 aromatic carbocycles. The van der Waals surface area contributed by atoms with E-state index in [1.165, 1.54) is 0 Å². The predicted molar refractivity (Wildman–Crippen MR) is 101 cm³/mol.